The van der Waals surface area contributed by atoms with Gasteiger partial charge in [0, 0.05) is 12.7 Å². The van der Waals surface area contributed by atoms with Crippen molar-refractivity contribution >= 4 is 0 Å². The standard InChI is InChI=1S/C18H20O6/c1-21-13-8-5-10(9-14(13)22-2)18(20)15-11(17(18)24-4)6-7-12(19)16(15)23-3/h5-9,17,19-20H,1-4H3/t17-,18-/m1/s1. The largest absolute Gasteiger partial charge is 0.504 e. The molecule has 6 heteroatoms. The molecule has 0 spiro atoms. The number of ether oxygens (including phenoxy) is 4. The molecule has 0 aromatic heterocycles. The summed E-state index contributed by atoms with van der Waals surface area (Å²) in [6, 6.07) is 8.39. The predicted molar refractivity (Wildman–Crippen MR) is 87.0 cm³/mol. The number of aliphatic hydroxyl groups is 1. The first-order valence-electron chi connectivity index (χ1n) is 7.40. The monoisotopic (exact) mass is 332 g/mol. The zero-order chi connectivity index (χ0) is 17.5. The molecule has 0 bridgehead atoms. The number of aromatic hydroxyl groups is 1. The molecule has 0 heterocycles. The van der Waals surface area contributed by atoms with Gasteiger partial charge in [-0.25, -0.2) is 0 Å². The van der Waals surface area contributed by atoms with E-state index in [4.69, 9.17) is 18.9 Å². The van der Waals surface area contributed by atoms with Crippen LogP contribution in [0.4, 0.5) is 0 Å². The SMILES string of the molecule is COc1ccc([C@@]2(O)c3c(ccc(O)c3OC)[C@H]2OC)cc1OC. The lowest BCUT2D eigenvalue weighted by atomic mass is 9.66. The molecule has 24 heavy (non-hydrogen) atoms. The summed E-state index contributed by atoms with van der Waals surface area (Å²) >= 11 is 0. The van der Waals surface area contributed by atoms with Crippen LogP contribution in [0.3, 0.4) is 0 Å². The number of hydrogen-bond acceptors (Lipinski definition) is 6. The van der Waals surface area contributed by atoms with Crippen LogP contribution in [0.25, 0.3) is 0 Å². The Labute approximate surface area is 140 Å². The molecule has 0 radical (unpaired) electrons. The molecular formula is C18H20O6. The number of fused-ring (bicyclic) bond motifs is 1. The lowest BCUT2D eigenvalue weighted by Gasteiger charge is -2.47. The fourth-order valence-corrected chi connectivity index (χ4v) is 3.35. The average Bonchev–Trinajstić information content (AvgIpc) is 2.61. The number of rotatable bonds is 5. The van der Waals surface area contributed by atoms with Crippen LogP contribution in [-0.2, 0) is 10.3 Å². The molecule has 2 N–H and O–H groups in total. The lowest BCUT2D eigenvalue weighted by molar-refractivity contribution is -0.104. The smallest absolute Gasteiger partial charge is 0.167 e. The van der Waals surface area contributed by atoms with Crippen LogP contribution < -0.4 is 14.2 Å². The number of benzene rings is 2. The van der Waals surface area contributed by atoms with Gasteiger partial charge in [-0.05, 0) is 29.3 Å². The van der Waals surface area contributed by atoms with Crippen LogP contribution in [-0.4, -0.2) is 38.7 Å². The zero-order valence-corrected chi connectivity index (χ0v) is 14.0. The van der Waals surface area contributed by atoms with Gasteiger partial charge in [0.25, 0.3) is 0 Å². The third-order valence-corrected chi connectivity index (χ3v) is 4.48. The summed E-state index contributed by atoms with van der Waals surface area (Å²) in [4.78, 5) is 0. The van der Waals surface area contributed by atoms with Crippen molar-refractivity contribution in [1.82, 2.24) is 0 Å². The van der Waals surface area contributed by atoms with E-state index in [1.807, 2.05) is 0 Å². The highest BCUT2D eigenvalue weighted by molar-refractivity contribution is 5.65. The van der Waals surface area contributed by atoms with E-state index in [2.05, 4.69) is 0 Å². The summed E-state index contributed by atoms with van der Waals surface area (Å²) in [7, 11) is 6.05. The summed E-state index contributed by atoms with van der Waals surface area (Å²) in [5.74, 6) is 1.25. The maximum atomic E-state index is 11.4. The molecule has 0 amide bonds. The molecule has 0 fully saturated rings. The van der Waals surface area contributed by atoms with Gasteiger partial charge in [0.05, 0.1) is 21.3 Å². The fourth-order valence-electron chi connectivity index (χ4n) is 3.35. The van der Waals surface area contributed by atoms with Gasteiger partial charge in [-0.1, -0.05) is 12.1 Å². The van der Waals surface area contributed by atoms with Gasteiger partial charge < -0.3 is 29.2 Å². The second kappa shape index (κ2) is 5.89. The first-order valence-corrected chi connectivity index (χ1v) is 7.40. The molecule has 128 valence electrons. The Morgan fingerprint density at radius 1 is 0.917 bits per heavy atom. The quantitative estimate of drug-likeness (QED) is 0.875. The second-order valence-electron chi connectivity index (χ2n) is 5.53. The van der Waals surface area contributed by atoms with Crippen molar-refractivity contribution in [2.24, 2.45) is 0 Å². The van der Waals surface area contributed by atoms with E-state index in [0.717, 1.165) is 5.56 Å². The van der Waals surface area contributed by atoms with E-state index < -0.39 is 11.7 Å². The summed E-state index contributed by atoms with van der Waals surface area (Å²) < 4.78 is 21.4. The normalized spacial score (nSPS) is 21.6. The third kappa shape index (κ3) is 2.03. The highest BCUT2D eigenvalue weighted by Crippen LogP contribution is 2.59. The minimum absolute atomic E-state index is 0.0373. The Morgan fingerprint density at radius 2 is 1.62 bits per heavy atom. The van der Waals surface area contributed by atoms with Crippen LogP contribution in [0.15, 0.2) is 30.3 Å². The molecule has 0 aliphatic heterocycles. The number of phenolic OH excluding ortho intramolecular Hbond substituents is 1. The minimum atomic E-state index is -1.46. The Morgan fingerprint density at radius 3 is 2.21 bits per heavy atom. The maximum Gasteiger partial charge on any atom is 0.167 e. The molecule has 1 aliphatic rings. The van der Waals surface area contributed by atoms with Crippen molar-refractivity contribution in [3.63, 3.8) is 0 Å². The topological polar surface area (TPSA) is 77.4 Å². The average molecular weight is 332 g/mol. The maximum absolute atomic E-state index is 11.4. The van der Waals surface area contributed by atoms with Gasteiger partial charge in [0.1, 0.15) is 11.7 Å². The Hall–Kier alpha value is -2.44. The highest BCUT2D eigenvalue weighted by atomic mass is 16.5. The van der Waals surface area contributed by atoms with E-state index in [9.17, 15) is 10.2 Å². The molecule has 2 aromatic carbocycles. The number of hydrogen-bond donors (Lipinski definition) is 2. The van der Waals surface area contributed by atoms with Crippen LogP contribution in [0.2, 0.25) is 0 Å². The van der Waals surface area contributed by atoms with Gasteiger partial charge in [0.2, 0.25) is 0 Å². The molecule has 1 aliphatic carbocycles. The van der Waals surface area contributed by atoms with Crippen molar-refractivity contribution in [1.29, 1.82) is 0 Å². The van der Waals surface area contributed by atoms with Gasteiger partial charge >= 0.3 is 0 Å². The Bertz CT molecular complexity index is 772. The molecule has 0 saturated heterocycles. The van der Waals surface area contributed by atoms with Gasteiger partial charge in [-0.3, -0.25) is 0 Å². The van der Waals surface area contributed by atoms with Crippen molar-refractivity contribution in [2.75, 3.05) is 28.4 Å². The van der Waals surface area contributed by atoms with E-state index in [1.54, 1.807) is 31.4 Å². The van der Waals surface area contributed by atoms with Crippen molar-refractivity contribution in [3.05, 3.63) is 47.0 Å². The molecule has 0 saturated carbocycles. The van der Waals surface area contributed by atoms with Gasteiger partial charge in [0.15, 0.2) is 23.0 Å². The van der Waals surface area contributed by atoms with E-state index in [0.29, 0.717) is 22.6 Å². The van der Waals surface area contributed by atoms with Crippen molar-refractivity contribution in [3.8, 4) is 23.0 Å². The molecule has 6 nitrogen and oxygen atoms in total. The van der Waals surface area contributed by atoms with E-state index in [1.165, 1.54) is 27.4 Å². The molecule has 2 aromatic rings. The summed E-state index contributed by atoms with van der Waals surface area (Å²) in [5.41, 5.74) is 0.352. The molecule has 0 unspecified atom stereocenters. The fraction of sp³-hybridized carbons (Fsp3) is 0.333. The molecule has 3 rings (SSSR count). The van der Waals surface area contributed by atoms with Crippen LogP contribution in [0.5, 0.6) is 23.0 Å². The van der Waals surface area contributed by atoms with Crippen LogP contribution in [0.1, 0.15) is 22.8 Å². The van der Waals surface area contributed by atoms with Crippen LogP contribution in [0, 0.1) is 0 Å². The zero-order valence-electron chi connectivity index (χ0n) is 14.0. The van der Waals surface area contributed by atoms with Gasteiger partial charge in [-0.2, -0.15) is 0 Å². The summed E-state index contributed by atoms with van der Waals surface area (Å²) in [6.45, 7) is 0. The lowest BCUT2D eigenvalue weighted by Crippen LogP contribution is -2.46. The highest BCUT2D eigenvalue weighted by Gasteiger charge is 2.55. The Kier molecular flexibility index (Phi) is 4.03. The summed E-state index contributed by atoms with van der Waals surface area (Å²) in [6.07, 6.45) is -0.583. The van der Waals surface area contributed by atoms with E-state index in [-0.39, 0.29) is 11.5 Å². The number of phenols is 1. The van der Waals surface area contributed by atoms with Gasteiger partial charge in [-0.15, -0.1) is 0 Å². The first-order chi connectivity index (χ1) is 11.5. The summed E-state index contributed by atoms with van der Waals surface area (Å²) in [5, 5.41) is 21.4. The van der Waals surface area contributed by atoms with E-state index >= 15 is 0 Å². The molecule has 2 atom stereocenters. The minimum Gasteiger partial charge on any atom is -0.504 e. The van der Waals surface area contributed by atoms with Crippen LogP contribution >= 0.6 is 0 Å². The molecular weight excluding hydrogens is 312 g/mol. The Balaban J connectivity index is 2.21. The third-order valence-electron chi connectivity index (χ3n) is 4.48. The predicted octanol–water partition coefficient (Wildman–Crippen LogP) is 2.35. The first kappa shape index (κ1) is 16.4. The second-order valence-corrected chi connectivity index (χ2v) is 5.53. The van der Waals surface area contributed by atoms with Crippen molar-refractivity contribution in [2.45, 2.75) is 11.7 Å². The number of methoxy groups -OCH3 is 4. The van der Waals surface area contributed by atoms with Crippen molar-refractivity contribution < 1.29 is 29.2 Å².